The van der Waals surface area contributed by atoms with Gasteiger partial charge in [-0.15, -0.1) is 0 Å². The van der Waals surface area contributed by atoms with Crippen LogP contribution in [-0.4, -0.2) is 9.55 Å². The summed E-state index contributed by atoms with van der Waals surface area (Å²) in [6.07, 6.45) is 3.62. The monoisotopic (exact) mass is 265 g/mol. The summed E-state index contributed by atoms with van der Waals surface area (Å²) in [4.78, 5) is 15.7. The van der Waals surface area contributed by atoms with Crippen molar-refractivity contribution in [2.45, 2.75) is 6.54 Å². The van der Waals surface area contributed by atoms with Crippen molar-refractivity contribution in [2.75, 3.05) is 5.32 Å². The quantitative estimate of drug-likeness (QED) is 0.791. The molecule has 1 aromatic carbocycles. The molecule has 100 valence electrons. The van der Waals surface area contributed by atoms with Crippen LogP contribution in [0.2, 0.25) is 0 Å². The predicted molar refractivity (Wildman–Crippen MR) is 80.8 cm³/mol. The molecule has 0 spiro atoms. The zero-order valence-electron chi connectivity index (χ0n) is 11.2. The highest BCUT2D eigenvalue weighted by molar-refractivity contribution is 5.82. The molecule has 0 atom stereocenters. The minimum atomic E-state index is -0.00934. The Bertz CT molecular complexity index is 803. The summed E-state index contributed by atoms with van der Waals surface area (Å²) >= 11 is 0. The third-order valence-corrected chi connectivity index (χ3v) is 3.31. The van der Waals surface area contributed by atoms with Gasteiger partial charge in [0, 0.05) is 37.4 Å². The molecule has 0 aliphatic heterocycles. The summed E-state index contributed by atoms with van der Waals surface area (Å²) in [6.45, 7) is 0.696. The summed E-state index contributed by atoms with van der Waals surface area (Å²) in [7, 11) is 1.75. The van der Waals surface area contributed by atoms with Gasteiger partial charge in [0.15, 0.2) is 0 Å². The molecular formula is C16H15N3O. The van der Waals surface area contributed by atoms with Crippen molar-refractivity contribution in [2.24, 2.45) is 7.05 Å². The van der Waals surface area contributed by atoms with Gasteiger partial charge in [0.2, 0.25) is 5.56 Å². The number of nitrogens with one attached hydrogen (secondary N) is 1. The lowest BCUT2D eigenvalue weighted by Crippen LogP contribution is -2.15. The number of aryl methyl sites for hydroxylation is 1. The Labute approximate surface area is 116 Å². The third-order valence-electron chi connectivity index (χ3n) is 3.31. The van der Waals surface area contributed by atoms with Crippen molar-refractivity contribution < 1.29 is 0 Å². The average Bonchev–Trinajstić information content (AvgIpc) is 2.48. The summed E-state index contributed by atoms with van der Waals surface area (Å²) < 4.78 is 1.56. The Morgan fingerprint density at radius 3 is 2.85 bits per heavy atom. The van der Waals surface area contributed by atoms with Gasteiger partial charge in [-0.05, 0) is 23.8 Å². The van der Waals surface area contributed by atoms with Gasteiger partial charge < -0.3 is 9.88 Å². The van der Waals surface area contributed by atoms with Gasteiger partial charge in [0.05, 0.1) is 11.2 Å². The number of pyridine rings is 2. The molecule has 0 saturated carbocycles. The van der Waals surface area contributed by atoms with E-state index in [0.717, 1.165) is 16.6 Å². The molecular weight excluding hydrogens is 250 g/mol. The first-order chi connectivity index (χ1) is 9.74. The van der Waals surface area contributed by atoms with Gasteiger partial charge in [-0.25, -0.2) is 0 Å². The van der Waals surface area contributed by atoms with E-state index in [2.05, 4.69) is 16.4 Å². The topological polar surface area (TPSA) is 46.9 Å². The van der Waals surface area contributed by atoms with Crippen LogP contribution in [0.15, 0.2) is 59.7 Å². The second-order valence-corrected chi connectivity index (χ2v) is 4.71. The van der Waals surface area contributed by atoms with Crippen molar-refractivity contribution in [3.05, 3.63) is 70.8 Å². The largest absolute Gasteiger partial charge is 0.380 e. The average molecular weight is 265 g/mol. The zero-order chi connectivity index (χ0) is 13.9. The van der Waals surface area contributed by atoms with Crippen LogP contribution in [0.1, 0.15) is 5.56 Å². The third kappa shape index (κ3) is 2.40. The van der Waals surface area contributed by atoms with Crippen LogP contribution in [0.5, 0.6) is 0 Å². The first kappa shape index (κ1) is 12.4. The maximum Gasteiger partial charge on any atom is 0.250 e. The molecule has 0 unspecified atom stereocenters. The van der Waals surface area contributed by atoms with Crippen LogP contribution in [-0.2, 0) is 13.6 Å². The first-order valence-corrected chi connectivity index (χ1v) is 6.47. The Hall–Kier alpha value is -2.62. The Kier molecular flexibility index (Phi) is 3.21. The van der Waals surface area contributed by atoms with Gasteiger partial charge in [-0.2, -0.15) is 0 Å². The van der Waals surface area contributed by atoms with E-state index < -0.39 is 0 Å². The van der Waals surface area contributed by atoms with Crippen LogP contribution < -0.4 is 10.9 Å². The maximum absolute atomic E-state index is 11.3. The highest BCUT2D eigenvalue weighted by Gasteiger charge is 2.01. The number of benzene rings is 1. The Morgan fingerprint density at radius 2 is 2.00 bits per heavy atom. The van der Waals surface area contributed by atoms with Gasteiger partial charge in [0.25, 0.3) is 0 Å². The van der Waals surface area contributed by atoms with Crippen LogP contribution in [0.25, 0.3) is 10.9 Å². The van der Waals surface area contributed by atoms with Crippen molar-refractivity contribution in [1.29, 1.82) is 0 Å². The van der Waals surface area contributed by atoms with E-state index >= 15 is 0 Å². The minimum absolute atomic E-state index is 0.00934. The van der Waals surface area contributed by atoms with Crippen molar-refractivity contribution in [3.8, 4) is 0 Å². The fourth-order valence-electron chi connectivity index (χ4n) is 2.21. The second-order valence-electron chi connectivity index (χ2n) is 4.71. The van der Waals surface area contributed by atoms with E-state index in [-0.39, 0.29) is 5.56 Å². The van der Waals surface area contributed by atoms with E-state index in [1.54, 1.807) is 29.9 Å². The summed E-state index contributed by atoms with van der Waals surface area (Å²) in [5, 5.41) is 4.48. The van der Waals surface area contributed by atoms with Crippen LogP contribution in [0.3, 0.4) is 0 Å². The molecule has 0 amide bonds. The number of anilines is 1. The van der Waals surface area contributed by atoms with Gasteiger partial charge in [-0.3, -0.25) is 9.78 Å². The number of para-hydroxylation sites is 1. The highest BCUT2D eigenvalue weighted by atomic mass is 16.1. The second kappa shape index (κ2) is 5.17. The van der Waals surface area contributed by atoms with E-state index in [0.29, 0.717) is 6.54 Å². The molecule has 1 N–H and O–H groups in total. The SMILES string of the molecule is Cn1cc(NCc2ccnc3ccccc23)ccc1=O. The van der Waals surface area contributed by atoms with E-state index in [1.807, 2.05) is 30.5 Å². The fraction of sp³-hybridized carbons (Fsp3) is 0.125. The lowest BCUT2D eigenvalue weighted by molar-refractivity contribution is 0.859. The Balaban J connectivity index is 1.86. The van der Waals surface area contributed by atoms with Gasteiger partial charge in [-0.1, -0.05) is 18.2 Å². The van der Waals surface area contributed by atoms with Crippen LogP contribution in [0.4, 0.5) is 5.69 Å². The normalized spacial score (nSPS) is 10.7. The molecule has 0 saturated heterocycles. The lowest BCUT2D eigenvalue weighted by atomic mass is 10.1. The van der Waals surface area contributed by atoms with E-state index in [9.17, 15) is 4.79 Å². The van der Waals surface area contributed by atoms with E-state index in [1.165, 1.54) is 5.56 Å². The summed E-state index contributed by atoms with van der Waals surface area (Å²) in [6, 6.07) is 13.4. The molecule has 2 heterocycles. The number of rotatable bonds is 3. The van der Waals surface area contributed by atoms with Crippen LogP contribution >= 0.6 is 0 Å². The smallest absolute Gasteiger partial charge is 0.250 e. The summed E-state index contributed by atoms with van der Waals surface area (Å²) in [5.41, 5.74) is 3.09. The Morgan fingerprint density at radius 1 is 1.15 bits per heavy atom. The molecule has 0 bridgehead atoms. The number of hydrogen-bond acceptors (Lipinski definition) is 3. The molecule has 0 fully saturated rings. The van der Waals surface area contributed by atoms with Crippen molar-refractivity contribution in [3.63, 3.8) is 0 Å². The predicted octanol–water partition coefficient (Wildman–Crippen LogP) is 2.55. The number of nitrogens with zero attached hydrogens (tertiary/aromatic N) is 2. The van der Waals surface area contributed by atoms with Crippen LogP contribution in [0, 0.1) is 0 Å². The molecule has 0 aliphatic carbocycles. The minimum Gasteiger partial charge on any atom is -0.380 e. The van der Waals surface area contributed by atoms with Crippen molar-refractivity contribution in [1.82, 2.24) is 9.55 Å². The standard InChI is InChI=1S/C16H15N3O/c1-19-11-13(6-7-16(19)20)18-10-12-8-9-17-15-5-3-2-4-14(12)15/h2-9,11,18H,10H2,1H3. The van der Waals surface area contributed by atoms with Gasteiger partial charge in [0.1, 0.15) is 0 Å². The zero-order valence-corrected chi connectivity index (χ0v) is 11.2. The lowest BCUT2D eigenvalue weighted by Gasteiger charge is -2.09. The van der Waals surface area contributed by atoms with E-state index in [4.69, 9.17) is 0 Å². The number of fused-ring (bicyclic) bond motifs is 1. The molecule has 20 heavy (non-hydrogen) atoms. The molecule has 0 aliphatic rings. The number of aromatic nitrogens is 2. The summed E-state index contributed by atoms with van der Waals surface area (Å²) in [5.74, 6) is 0. The molecule has 0 radical (unpaired) electrons. The van der Waals surface area contributed by atoms with Gasteiger partial charge >= 0.3 is 0 Å². The highest BCUT2D eigenvalue weighted by Crippen LogP contribution is 2.17. The fourth-order valence-corrected chi connectivity index (χ4v) is 2.21. The molecule has 4 heteroatoms. The molecule has 4 nitrogen and oxygen atoms in total. The number of hydrogen-bond donors (Lipinski definition) is 1. The molecule has 2 aromatic heterocycles. The maximum atomic E-state index is 11.3. The molecule has 3 rings (SSSR count). The molecule has 3 aromatic rings. The first-order valence-electron chi connectivity index (χ1n) is 6.47. The van der Waals surface area contributed by atoms with Crippen molar-refractivity contribution >= 4 is 16.6 Å².